The molecule has 0 spiro atoms. The highest BCUT2D eigenvalue weighted by Gasteiger charge is 2.20. The number of amides is 3. The highest BCUT2D eigenvalue weighted by atomic mass is 79.9. The van der Waals surface area contributed by atoms with Gasteiger partial charge in [0.1, 0.15) is 18.4 Å². The number of rotatable bonds is 7. The topological polar surface area (TPSA) is 108 Å². The van der Waals surface area contributed by atoms with E-state index in [1.165, 1.54) is 12.1 Å². The van der Waals surface area contributed by atoms with Crippen molar-refractivity contribution in [3.8, 4) is 0 Å². The van der Waals surface area contributed by atoms with Crippen LogP contribution < -0.4 is 16.0 Å². The van der Waals surface area contributed by atoms with Gasteiger partial charge in [0.2, 0.25) is 5.91 Å². The lowest BCUT2D eigenvalue weighted by Crippen LogP contribution is -2.49. The van der Waals surface area contributed by atoms with E-state index in [1.807, 2.05) is 6.92 Å². The molecule has 0 aliphatic carbocycles. The molecule has 1 atom stereocenters. The molecule has 0 aromatic heterocycles. The van der Waals surface area contributed by atoms with Gasteiger partial charge in [-0.1, -0.05) is 29.3 Å². The van der Waals surface area contributed by atoms with Crippen LogP contribution in [0, 0.1) is 5.82 Å². The molecule has 0 heterocycles. The fraction of sp³-hybridized carbons (Fsp3) is 0.357. The van der Waals surface area contributed by atoms with Crippen LogP contribution >= 0.6 is 15.9 Å². The molecule has 126 valence electrons. The average Bonchev–Trinajstić information content (AvgIpc) is 2.47. The third-order valence-corrected chi connectivity index (χ3v) is 3.29. The molecule has 0 radical (unpaired) electrons. The molecule has 0 saturated carbocycles. The van der Waals surface area contributed by atoms with Gasteiger partial charge in [-0.2, -0.15) is 0 Å². The molecule has 7 nitrogen and oxygen atoms in total. The van der Waals surface area contributed by atoms with Crippen molar-refractivity contribution in [2.75, 3.05) is 11.9 Å². The first-order chi connectivity index (χ1) is 10.8. The van der Waals surface area contributed by atoms with Gasteiger partial charge >= 0.3 is 12.0 Å². The van der Waals surface area contributed by atoms with Crippen molar-refractivity contribution in [2.45, 2.75) is 25.8 Å². The zero-order valence-electron chi connectivity index (χ0n) is 12.4. The average molecular weight is 390 g/mol. The van der Waals surface area contributed by atoms with Gasteiger partial charge in [-0.25, -0.2) is 9.18 Å². The van der Waals surface area contributed by atoms with E-state index in [9.17, 15) is 18.8 Å². The highest BCUT2D eigenvalue weighted by molar-refractivity contribution is 9.10. The van der Waals surface area contributed by atoms with Crippen LogP contribution in [0.3, 0.4) is 0 Å². The van der Waals surface area contributed by atoms with E-state index >= 15 is 0 Å². The number of urea groups is 1. The SMILES string of the molecule is CCC[C@H](NC(=O)Nc1ccc(Br)cc1F)C(=O)NCC(=O)O. The van der Waals surface area contributed by atoms with Crippen LogP contribution in [-0.4, -0.2) is 35.6 Å². The molecule has 4 N–H and O–H groups in total. The summed E-state index contributed by atoms with van der Waals surface area (Å²) in [5.74, 6) is -2.42. The molecular weight excluding hydrogens is 373 g/mol. The summed E-state index contributed by atoms with van der Waals surface area (Å²) in [5.41, 5.74) is -0.0353. The molecule has 1 aromatic rings. The van der Waals surface area contributed by atoms with Gasteiger partial charge in [0.25, 0.3) is 0 Å². The van der Waals surface area contributed by atoms with Crippen LogP contribution in [0.5, 0.6) is 0 Å². The van der Waals surface area contributed by atoms with Crippen LogP contribution in [0.1, 0.15) is 19.8 Å². The summed E-state index contributed by atoms with van der Waals surface area (Å²) in [5, 5.41) is 15.4. The lowest BCUT2D eigenvalue weighted by Gasteiger charge is -2.18. The largest absolute Gasteiger partial charge is 0.480 e. The number of nitrogens with one attached hydrogen (secondary N) is 3. The second kappa shape index (κ2) is 9.09. The Hall–Kier alpha value is -2.16. The van der Waals surface area contributed by atoms with E-state index < -0.39 is 36.3 Å². The predicted octanol–water partition coefficient (Wildman–Crippen LogP) is 2.08. The summed E-state index contributed by atoms with van der Waals surface area (Å²) in [6, 6.07) is 2.46. The van der Waals surface area contributed by atoms with Gasteiger partial charge in [-0.15, -0.1) is 0 Å². The Labute approximate surface area is 140 Å². The number of halogens is 2. The second-order valence-electron chi connectivity index (χ2n) is 4.68. The Morgan fingerprint density at radius 2 is 2.04 bits per heavy atom. The first kappa shape index (κ1) is 18.9. The Morgan fingerprint density at radius 3 is 2.61 bits per heavy atom. The number of carbonyl (C=O) groups is 3. The number of anilines is 1. The van der Waals surface area contributed by atoms with Gasteiger partial charge in [0.15, 0.2) is 0 Å². The number of carboxylic acids is 1. The fourth-order valence-corrected chi connectivity index (χ4v) is 2.08. The fourth-order valence-electron chi connectivity index (χ4n) is 1.75. The number of benzene rings is 1. The Balaban J connectivity index is 2.66. The number of hydrogen-bond acceptors (Lipinski definition) is 3. The first-order valence-electron chi connectivity index (χ1n) is 6.85. The lowest BCUT2D eigenvalue weighted by molar-refractivity contribution is -0.138. The van der Waals surface area contributed by atoms with E-state index in [0.717, 1.165) is 0 Å². The zero-order valence-corrected chi connectivity index (χ0v) is 13.9. The van der Waals surface area contributed by atoms with Crippen molar-refractivity contribution in [3.63, 3.8) is 0 Å². The summed E-state index contributed by atoms with van der Waals surface area (Å²) >= 11 is 3.10. The summed E-state index contributed by atoms with van der Waals surface area (Å²) in [4.78, 5) is 34.2. The predicted molar refractivity (Wildman–Crippen MR) is 85.6 cm³/mol. The Kier molecular flexibility index (Phi) is 7.46. The maximum absolute atomic E-state index is 13.6. The maximum atomic E-state index is 13.6. The maximum Gasteiger partial charge on any atom is 0.322 e. The molecule has 0 saturated heterocycles. The van der Waals surface area contributed by atoms with Crippen molar-refractivity contribution in [1.29, 1.82) is 0 Å². The summed E-state index contributed by atoms with van der Waals surface area (Å²) in [6.07, 6.45) is 0.916. The number of hydrogen-bond donors (Lipinski definition) is 4. The van der Waals surface area contributed by atoms with E-state index in [2.05, 4.69) is 31.9 Å². The van der Waals surface area contributed by atoms with E-state index in [0.29, 0.717) is 17.3 Å². The lowest BCUT2D eigenvalue weighted by atomic mass is 10.1. The van der Waals surface area contributed by atoms with Crippen molar-refractivity contribution in [1.82, 2.24) is 10.6 Å². The quantitative estimate of drug-likeness (QED) is 0.572. The Bertz CT molecular complexity index is 597. The molecule has 1 rings (SSSR count). The minimum atomic E-state index is -1.19. The third-order valence-electron chi connectivity index (χ3n) is 2.79. The van der Waals surface area contributed by atoms with Gasteiger partial charge in [0.05, 0.1) is 5.69 Å². The third kappa shape index (κ3) is 6.64. The number of aliphatic carboxylic acids is 1. The van der Waals surface area contributed by atoms with E-state index in [1.54, 1.807) is 6.07 Å². The van der Waals surface area contributed by atoms with Crippen LogP contribution in [0.4, 0.5) is 14.9 Å². The summed E-state index contributed by atoms with van der Waals surface area (Å²) in [6.45, 7) is 1.27. The molecular formula is C14H17BrFN3O4. The van der Waals surface area contributed by atoms with Crippen molar-refractivity contribution in [2.24, 2.45) is 0 Å². The van der Waals surface area contributed by atoms with Crippen LogP contribution in [0.25, 0.3) is 0 Å². The smallest absolute Gasteiger partial charge is 0.322 e. The summed E-state index contributed by atoms with van der Waals surface area (Å²) in [7, 11) is 0. The molecule has 9 heteroatoms. The summed E-state index contributed by atoms with van der Waals surface area (Å²) < 4.78 is 14.2. The van der Waals surface area contributed by atoms with Gasteiger partial charge < -0.3 is 21.1 Å². The number of carbonyl (C=O) groups excluding carboxylic acids is 2. The molecule has 0 fully saturated rings. The normalized spacial score (nSPS) is 11.4. The van der Waals surface area contributed by atoms with Gasteiger partial charge in [0, 0.05) is 4.47 Å². The monoisotopic (exact) mass is 389 g/mol. The number of carboxylic acid groups (broad SMARTS) is 1. The molecule has 0 unspecified atom stereocenters. The van der Waals surface area contributed by atoms with Crippen molar-refractivity contribution < 1.29 is 23.9 Å². The first-order valence-corrected chi connectivity index (χ1v) is 7.64. The molecule has 0 aliphatic heterocycles. The van der Waals surface area contributed by atoms with Crippen LogP contribution in [0.2, 0.25) is 0 Å². The molecule has 1 aromatic carbocycles. The van der Waals surface area contributed by atoms with Gasteiger partial charge in [-0.3, -0.25) is 9.59 Å². The standard InChI is InChI=1S/C14H17BrFN3O4/c1-2-3-11(13(22)17-7-12(20)21)19-14(23)18-10-5-4-8(15)6-9(10)16/h4-6,11H,2-3,7H2,1H3,(H,17,22)(H,20,21)(H2,18,19,23)/t11-/m0/s1. The van der Waals surface area contributed by atoms with Crippen LogP contribution in [-0.2, 0) is 9.59 Å². The van der Waals surface area contributed by atoms with Crippen molar-refractivity contribution >= 4 is 39.5 Å². The minimum Gasteiger partial charge on any atom is -0.480 e. The van der Waals surface area contributed by atoms with Gasteiger partial charge in [-0.05, 0) is 24.6 Å². The van der Waals surface area contributed by atoms with Crippen LogP contribution in [0.15, 0.2) is 22.7 Å². The molecule has 0 aliphatic rings. The highest BCUT2D eigenvalue weighted by Crippen LogP contribution is 2.19. The van der Waals surface area contributed by atoms with E-state index in [-0.39, 0.29) is 5.69 Å². The molecule has 3 amide bonds. The Morgan fingerprint density at radius 1 is 1.35 bits per heavy atom. The second-order valence-corrected chi connectivity index (χ2v) is 5.59. The van der Waals surface area contributed by atoms with Crippen molar-refractivity contribution in [3.05, 3.63) is 28.5 Å². The molecule has 23 heavy (non-hydrogen) atoms. The minimum absolute atomic E-state index is 0.0353. The molecule has 0 bridgehead atoms. The van der Waals surface area contributed by atoms with E-state index in [4.69, 9.17) is 5.11 Å². The zero-order chi connectivity index (χ0) is 17.4.